The molecule has 0 radical (unpaired) electrons. The van der Waals surface area contributed by atoms with E-state index in [0.29, 0.717) is 18.5 Å². The summed E-state index contributed by atoms with van der Waals surface area (Å²) < 4.78 is 0. The number of hydrogen-bond donors (Lipinski definition) is 1. The molecule has 1 amide bonds. The molecule has 3 heteroatoms. The van der Waals surface area contributed by atoms with E-state index in [1.165, 1.54) is 0 Å². The van der Waals surface area contributed by atoms with E-state index in [-0.39, 0.29) is 5.92 Å². The standard InChI is InChI=1S/C13H16N2O/c14-8-10-3-1-2-4-12(10)15-11-6-5-9(7-11)13(15)16/h1-4,9,11H,5-8,14H2. The van der Waals surface area contributed by atoms with Crippen molar-refractivity contribution in [1.29, 1.82) is 0 Å². The lowest BCUT2D eigenvalue weighted by atomic mass is 10.1. The van der Waals surface area contributed by atoms with Crippen molar-refractivity contribution >= 4 is 11.6 Å². The van der Waals surface area contributed by atoms with E-state index in [2.05, 4.69) is 0 Å². The van der Waals surface area contributed by atoms with Crippen molar-refractivity contribution in [2.75, 3.05) is 4.90 Å². The molecule has 84 valence electrons. The van der Waals surface area contributed by atoms with Crippen molar-refractivity contribution in [3.8, 4) is 0 Å². The molecule has 2 unspecified atom stereocenters. The largest absolute Gasteiger partial charge is 0.326 e. The van der Waals surface area contributed by atoms with Gasteiger partial charge in [-0.15, -0.1) is 0 Å². The summed E-state index contributed by atoms with van der Waals surface area (Å²) in [7, 11) is 0. The van der Waals surface area contributed by atoms with Crippen molar-refractivity contribution in [3.05, 3.63) is 29.8 Å². The highest BCUT2D eigenvalue weighted by molar-refractivity contribution is 5.99. The number of benzene rings is 1. The third kappa shape index (κ3) is 1.28. The Kier molecular flexibility index (Phi) is 2.21. The first kappa shape index (κ1) is 9.85. The van der Waals surface area contributed by atoms with Gasteiger partial charge in [0.1, 0.15) is 0 Å². The molecule has 1 aliphatic heterocycles. The topological polar surface area (TPSA) is 46.3 Å². The molecule has 16 heavy (non-hydrogen) atoms. The zero-order valence-electron chi connectivity index (χ0n) is 9.23. The number of hydrogen-bond acceptors (Lipinski definition) is 2. The Labute approximate surface area is 95.2 Å². The highest BCUT2D eigenvalue weighted by Gasteiger charge is 2.45. The van der Waals surface area contributed by atoms with E-state index in [0.717, 1.165) is 30.5 Å². The molecule has 1 aromatic carbocycles. The van der Waals surface area contributed by atoms with Crippen LogP contribution in [0.2, 0.25) is 0 Å². The van der Waals surface area contributed by atoms with Crippen LogP contribution in [0.3, 0.4) is 0 Å². The Bertz CT molecular complexity index is 430. The molecule has 2 fully saturated rings. The van der Waals surface area contributed by atoms with Gasteiger partial charge in [0.15, 0.2) is 0 Å². The lowest BCUT2D eigenvalue weighted by molar-refractivity contribution is -0.121. The van der Waals surface area contributed by atoms with E-state index in [1.807, 2.05) is 29.2 Å². The first-order valence-electron chi connectivity index (χ1n) is 5.92. The molecule has 1 aromatic rings. The van der Waals surface area contributed by atoms with Crippen LogP contribution in [0.5, 0.6) is 0 Å². The fourth-order valence-corrected chi connectivity index (χ4v) is 3.03. The first-order chi connectivity index (χ1) is 7.81. The van der Waals surface area contributed by atoms with Crippen LogP contribution < -0.4 is 10.6 Å². The van der Waals surface area contributed by atoms with Gasteiger partial charge in [0.2, 0.25) is 5.91 Å². The monoisotopic (exact) mass is 216 g/mol. The second kappa shape index (κ2) is 3.59. The smallest absolute Gasteiger partial charge is 0.230 e. The molecule has 1 saturated heterocycles. The zero-order valence-corrected chi connectivity index (χ0v) is 9.23. The van der Waals surface area contributed by atoms with E-state index < -0.39 is 0 Å². The second-order valence-corrected chi connectivity index (χ2v) is 4.70. The Hall–Kier alpha value is -1.35. The summed E-state index contributed by atoms with van der Waals surface area (Å²) in [4.78, 5) is 14.1. The van der Waals surface area contributed by atoms with Gasteiger partial charge in [-0.3, -0.25) is 4.79 Å². The number of piperidine rings is 1. The maximum Gasteiger partial charge on any atom is 0.230 e. The minimum atomic E-state index is 0.274. The molecule has 0 spiro atoms. The van der Waals surface area contributed by atoms with E-state index in [9.17, 15) is 4.79 Å². The number of rotatable bonds is 2. The van der Waals surface area contributed by atoms with Gasteiger partial charge in [0.05, 0.1) is 0 Å². The first-order valence-corrected chi connectivity index (χ1v) is 5.92. The lowest BCUT2D eigenvalue weighted by Crippen LogP contribution is -2.37. The fourth-order valence-electron chi connectivity index (χ4n) is 3.03. The quantitative estimate of drug-likeness (QED) is 0.817. The normalized spacial score (nSPS) is 27.8. The summed E-state index contributed by atoms with van der Waals surface area (Å²) in [6, 6.07) is 8.40. The van der Waals surface area contributed by atoms with Crippen LogP contribution in [0.4, 0.5) is 5.69 Å². The number of para-hydroxylation sites is 1. The average Bonchev–Trinajstić information content (AvgIpc) is 2.89. The van der Waals surface area contributed by atoms with Gasteiger partial charge in [-0.2, -0.15) is 0 Å². The maximum atomic E-state index is 12.1. The van der Waals surface area contributed by atoms with Crippen LogP contribution in [0, 0.1) is 5.92 Å². The minimum Gasteiger partial charge on any atom is -0.326 e. The number of fused-ring (bicyclic) bond motifs is 2. The number of nitrogens with two attached hydrogens (primary N) is 1. The minimum absolute atomic E-state index is 0.274. The predicted molar refractivity (Wildman–Crippen MR) is 62.9 cm³/mol. The Morgan fingerprint density at radius 2 is 2.12 bits per heavy atom. The number of nitrogens with zero attached hydrogens (tertiary/aromatic N) is 1. The summed E-state index contributed by atoms with van der Waals surface area (Å²) >= 11 is 0. The van der Waals surface area contributed by atoms with Crippen LogP contribution in [0.25, 0.3) is 0 Å². The molecule has 3 nitrogen and oxygen atoms in total. The van der Waals surface area contributed by atoms with Gasteiger partial charge in [-0.05, 0) is 30.9 Å². The van der Waals surface area contributed by atoms with Crippen LogP contribution >= 0.6 is 0 Å². The third-order valence-corrected chi connectivity index (χ3v) is 3.83. The van der Waals surface area contributed by atoms with E-state index in [1.54, 1.807) is 0 Å². The highest BCUT2D eigenvalue weighted by atomic mass is 16.2. The van der Waals surface area contributed by atoms with Gasteiger partial charge in [0, 0.05) is 24.2 Å². The summed E-state index contributed by atoms with van der Waals surface area (Å²) in [5.74, 6) is 0.577. The van der Waals surface area contributed by atoms with Gasteiger partial charge in [-0.25, -0.2) is 0 Å². The predicted octanol–water partition coefficient (Wildman–Crippen LogP) is 1.66. The SMILES string of the molecule is NCc1ccccc1N1C(=O)C2CCC1C2. The molecule has 1 heterocycles. The zero-order chi connectivity index (χ0) is 11.1. The number of anilines is 1. The Morgan fingerprint density at radius 3 is 2.81 bits per heavy atom. The molecule has 3 rings (SSSR count). The van der Waals surface area contributed by atoms with Gasteiger partial charge in [0.25, 0.3) is 0 Å². The molecule has 2 aliphatic rings. The van der Waals surface area contributed by atoms with Crippen molar-refractivity contribution in [3.63, 3.8) is 0 Å². The molecule has 1 aliphatic carbocycles. The van der Waals surface area contributed by atoms with Crippen LogP contribution in [0.1, 0.15) is 24.8 Å². The number of amides is 1. The Balaban J connectivity index is 2.01. The third-order valence-electron chi connectivity index (χ3n) is 3.83. The molecule has 2 atom stereocenters. The number of carbonyl (C=O) groups excluding carboxylic acids is 1. The summed E-state index contributed by atoms with van der Waals surface area (Å²) in [5, 5.41) is 0. The summed E-state index contributed by atoms with van der Waals surface area (Å²) in [6.07, 6.45) is 3.26. The maximum absolute atomic E-state index is 12.1. The van der Waals surface area contributed by atoms with E-state index >= 15 is 0 Å². The summed E-state index contributed by atoms with van der Waals surface area (Å²) in [5.41, 5.74) is 7.83. The van der Waals surface area contributed by atoms with Crippen molar-refractivity contribution in [2.24, 2.45) is 11.7 Å². The number of carbonyl (C=O) groups is 1. The van der Waals surface area contributed by atoms with Crippen LogP contribution in [-0.4, -0.2) is 11.9 Å². The van der Waals surface area contributed by atoms with Crippen LogP contribution in [0.15, 0.2) is 24.3 Å². The van der Waals surface area contributed by atoms with E-state index in [4.69, 9.17) is 5.73 Å². The van der Waals surface area contributed by atoms with Crippen molar-refractivity contribution in [2.45, 2.75) is 31.8 Å². The molecular weight excluding hydrogens is 200 g/mol. The second-order valence-electron chi connectivity index (χ2n) is 4.70. The van der Waals surface area contributed by atoms with Gasteiger partial charge >= 0.3 is 0 Å². The summed E-state index contributed by atoms with van der Waals surface area (Å²) in [6.45, 7) is 0.497. The molecule has 0 aromatic heterocycles. The molecule has 2 N–H and O–H groups in total. The fraction of sp³-hybridized carbons (Fsp3) is 0.462. The van der Waals surface area contributed by atoms with Crippen molar-refractivity contribution < 1.29 is 4.79 Å². The average molecular weight is 216 g/mol. The Morgan fingerprint density at radius 1 is 1.31 bits per heavy atom. The molecular formula is C13H16N2O. The van der Waals surface area contributed by atoms with Gasteiger partial charge in [-0.1, -0.05) is 18.2 Å². The molecule has 1 saturated carbocycles. The lowest BCUT2D eigenvalue weighted by Gasteiger charge is -2.28. The molecule has 2 bridgehead atoms. The highest BCUT2D eigenvalue weighted by Crippen LogP contribution is 2.42. The van der Waals surface area contributed by atoms with Gasteiger partial charge < -0.3 is 10.6 Å². The van der Waals surface area contributed by atoms with Crippen molar-refractivity contribution in [1.82, 2.24) is 0 Å². The van der Waals surface area contributed by atoms with Crippen LogP contribution in [-0.2, 0) is 11.3 Å².